The molecule has 3 heterocycles. The van der Waals surface area contributed by atoms with Crippen LogP contribution in [0.2, 0.25) is 5.02 Å². The van der Waals surface area contributed by atoms with E-state index in [1.54, 1.807) is 18.3 Å². The van der Waals surface area contributed by atoms with Gasteiger partial charge in [-0.2, -0.15) is 4.98 Å². The van der Waals surface area contributed by atoms with Crippen molar-refractivity contribution in [3.05, 3.63) is 77.9 Å². The average molecular weight is 491 g/mol. The van der Waals surface area contributed by atoms with E-state index in [-0.39, 0.29) is 12.3 Å². The van der Waals surface area contributed by atoms with Gasteiger partial charge in [-0.15, -0.1) is 0 Å². The Hall–Kier alpha value is -3.82. The lowest BCUT2D eigenvalue weighted by Crippen LogP contribution is -2.12. The first-order valence-electron chi connectivity index (χ1n) is 10.5. The van der Waals surface area contributed by atoms with E-state index in [4.69, 9.17) is 21.1 Å². The molecule has 0 saturated carbocycles. The smallest absolute Gasteiger partial charge is 0.227 e. The van der Waals surface area contributed by atoms with Crippen LogP contribution in [0.4, 0.5) is 5.13 Å². The fourth-order valence-electron chi connectivity index (χ4n) is 3.38. The number of carbonyl (C=O) groups is 1. The number of hydrogen-bond acceptors (Lipinski definition) is 7. The number of nitrogens with zero attached hydrogens (tertiary/aromatic N) is 5. The van der Waals surface area contributed by atoms with Crippen molar-refractivity contribution in [1.29, 1.82) is 0 Å². The zero-order chi connectivity index (χ0) is 23.5. The molecule has 0 atom stereocenters. The summed E-state index contributed by atoms with van der Waals surface area (Å²) in [6.07, 6.45) is 4.12. The Morgan fingerprint density at radius 1 is 1.09 bits per heavy atom. The number of anilines is 1. The van der Waals surface area contributed by atoms with Crippen molar-refractivity contribution >= 4 is 34.0 Å². The molecule has 0 aliphatic carbocycles. The zero-order valence-electron chi connectivity index (χ0n) is 18.1. The maximum Gasteiger partial charge on any atom is 0.227 e. The van der Waals surface area contributed by atoms with E-state index < -0.39 is 0 Å². The number of aryl methyl sites for hydroxylation is 2. The highest BCUT2D eigenvalue weighted by Gasteiger charge is 2.19. The van der Waals surface area contributed by atoms with Crippen LogP contribution >= 0.6 is 22.9 Å². The Labute approximate surface area is 204 Å². The largest absolute Gasteiger partial charge is 0.339 e. The van der Waals surface area contributed by atoms with E-state index in [2.05, 4.69) is 20.4 Å². The maximum absolute atomic E-state index is 12.6. The molecule has 3 aromatic heterocycles. The molecule has 34 heavy (non-hydrogen) atoms. The standard InChI is InChI=1S/C24H19ClN6O2S/c1-31-14-13-26-23(31)21-20(15-5-3-2-4-6-15)29-24(34-21)27-18(32)11-12-19-28-22(30-33-19)16-7-9-17(25)10-8-16/h2-10,13-14H,11-12H2,1H3,(H,27,29,32). The maximum atomic E-state index is 12.6. The molecule has 170 valence electrons. The van der Waals surface area contributed by atoms with Crippen molar-refractivity contribution < 1.29 is 9.32 Å². The van der Waals surface area contributed by atoms with Gasteiger partial charge in [0.2, 0.25) is 17.6 Å². The number of aromatic nitrogens is 5. The van der Waals surface area contributed by atoms with Crippen molar-refractivity contribution in [1.82, 2.24) is 24.7 Å². The van der Waals surface area contributed by atoms with E-state index in [0.717, 1.165) is 27.5 Å². The summed E-state index contributed by atoms with van der Waals surface area (Å²) in [7, 11) is 1.93. The van der Waals surface area contributed by atoms with Crippen LogP contribution in [0.15, 0.2) is 71.5 Å². The van der Waals surface area contributed by atoms with Gasteiger partial charge in [-0.05, 0) is 24.3 Å². The van der Waals surface area contributed by atoms with Crippen LogP contribution in [-0.4, -0.2) is 30.6 Å². The Morgan fingerprint density at radius 3 is 2.62 bits per heavy atom. The summed E-state index contributed by atoms with van der Waals surface area (Å²) in [6, 6.07) is 17.0. The first-order chi connectivity index (χ1) is 16.6. The van der Waals surface area contributed by atoms with Crippen LogP contribution in [0.5, 0.6) is 0 Å². The van der Waals surface area contributed by atoms with Gasteiger partial charge in [0.15, 0.2) is 11.0 Å². The number of halogens is 1. The highest BCUT2D eigenvalue weighted by molar-refractivity contribution is 7.19. The van der Waals surface area contributed by atoms with Crippen LogP contribution in [0.25, 0.3) is 33.3 Å². The minimum Gasteiger partial charge on any atom is -0.339 e. The zero-order valence-corrected chi connectivity index (χ0v) is 19.7. The number of hydrogen-bond donors (Lipinski definition) is 1. The van der Waals surface area contributed by atoms with Gasteiger partial charge in [0.05, 0.1) is 10.6 Å². The van der Waals surface area contributed by atoms with Crippen molar-refractivity contribution in [2.24, 2.45) is 7.05 Å². The Morgan fingerprint density at radius 2 is 1.88 bits per heavy atom. The summed E-state index contributed by atoms with van der Waals surface area (Å²) in [5.74, 6) is 1.44. The van der Waals surface area contributed by atoms with Crippen LogP contribution < -0.4 is 5.32 Å². The van der Waals surface area contributed by atoms with Crippen molar-refractivity contribution in [2.75, 3.05) is 5.32 Å². The molecular weight excluding hydrogens is 472 g/mol. The van der Waals surface area contributed by atoms with E-state index in [1.165, 1.54) is 11.3 Å². The van der Waals surface area contributed by atoms with E-state index in [0.29, 0.717) is 28.3 Å². The minimum atomic E-state index is -0.189. The molecule has 0 saturated heterocycles. The molecular formula is C24H19ClN6O2S. The number of thiazole rings is 1. The molecule has 0 unspecified atom stereocenters. The summed E-state index contributed by atoms with van der Waals surface area (Å²) in [5, 5.41) is 8.02. The van der Waals surface area contributed by atoms with Gasteiger partial charge in [-0.25, -0.2) is 9.97 Å². The number of nitrogens with one attached hydrogen (secondary N) is 1. The van der Waals surface area contributed by atoms with Gasteiger partial charge >= 0.3 is 0 Å². The summed E-state index contributed by atoms with van der Waals surface area (Å²) in [6.45, 7) is 0. The first-order valence-corrected chi connectivity index (χ1v) is 11.7. The molecule has 0 radical (unpaired) electrons. The minimum absolute atomic E-state index is 0.181. The molecule has 2 aromatic carbocycles. The van der Waals surface area contributed by atoms with E-state index in [9.17, 15) is 4.79 Å². The molecule has 5 rings (SSSR count). The molecule has 1 amide bonds. The van der Waals surface area contributed by atoms with Crippen LogP contribution in [0.3, 0.4) is 0 Å². The lowest BCUT2D eigenvalue weighted by Gasteiger charge is -2.02. The SMILES string of the molecule is Cn1ccnc1-c1sc(NC(=O)CCc2nc(-c3ccc(Cl)cc3)no2)nc1-c1ccccc1. The molecule has 0 aliphatic rings. The summed E-state index contributed by atoms with van der Waals surface area (Å²) < 4.78 is 7.22. The Kier molecular flexibility index (Phi) is 6.20. The third-order valence-electron chi connectivity index (χ3n) is 5.08. The first kappa shape index (κ1) is 22.0. The monoisotopic (exact) mass is 490 g/mol. The third kappa shape index (κ3) is 4.75. The number of amides is 1. The topological polar surface area (TPSA) is 98.7 Å². The molecule has 10 heteroatoms. The van der Waals surface area contributed by atoms with Gasteiger partial charge in [-0.3, -0.25) is 4.79 Å². The molecule has 5 aromatic rings. The third-order valence-corrected chi connectivity index (χ3v) is 6.30. The summed E-state index contributed by atoms with van der Waals surface area (Å²) in [4.78, 5) is 27.0. The van der Waals surface area contributed by atoms with Crippen molar-refractivity contribution in [3.63, 3.8) is 0 Å². The Bertz CT molecular complexity index is 1430. The summed E-state index contributed by atoms with van der Waals surface area (Å²) >= 11 is 7.31. The normalized spacial score (nSPS) is 11.0. The quantitative estimate of drug-likeness (QED) is 0.324. The number of carbonyl (C=O) groups excluding carboxylic acids is 1. The fourth-order valence-corrected chi connectivity index (χ4v) is 4.55. The lowest BCUT2D eigenvalue weighted by molar-refractivity contribution is -0.116. The second-order valence-electron chi connectivity index (χ2n) is 7.49. The van der Waals surface area contributed by atoms with Gasteiger partial charge in [0, 0.05) is 48.4 Å². The number of benzene rings is 2. The second-order valence-corrected chi connectivity index (χ2v) is 8.93. The van der Waals surface area contributed by atoms with Crippen molar-refractivity contribution in [2.45, 2.75) is 12.8 Å². The molecule has 0 aliphatic heterocycles. The number of imidazole rings is 1. The molecule has 1 N–H and O–H groups in total. The van der Waals surface area contributed by atoms with Gasteiger partial charge in [-0.1, -0.05) is 58.4 Å². The predicted octanol–water partition coefficient (Wildman–Crippen LogP) is 5.49. The second kappa shape index (κ2) is 9.58. The van der Waals surface area contributed by atoms with Gasteiger partial charge in [0.25, 0.3) is 0 Å². The fraction of sp³-hybridized carbons (Fsp3) is 0.125. The average Bonchev–Trinajstić information content (AvgIpc) is 3.59. The predicted molar refractivity (Wildman–Crippen MR) is 131 cm³/mol. The van der Waals surface area contributed by atoms with Crippen LogP contribution in [0, 0.1) is 0 Å². The van der Waals surface area contributed by atoms with Crippen LogP contribution in [0.1, 0.15) is 12.3 Å². The highest BCUT2D eigenvalue weighted by Crippen LogP contribution is 2.38. The molecule has 0 fully saturated rings. The molecule has 0 bridgehead atoms. The molecule has 8 nitrogen and oxygen atoms in total. The van der Waals surface area contributed by atoms with Gasteiger partial charge in [0.1, 0.15) is 0 Å². The lowest BCUT2D eigenvalue weighted by atomic mass is 10.1. The van der Waals surface area contributed by atoms with Crippen molar-refractivity contribution in [3.8, 4) is 33.3 Å². The van der Waals surface area contributed by atoms with Crippen LogP contribution in [-0.2, 0) is 18.3 Å². The number of rotatable bonds is 7. The highest BCUT2D eigenvalue weighted by atomic mass is 35.5. The van der Waals surface area contributed by atoms with Gasteiger partial charge < -0.3 is 14.4 Å². The Balaban J connectivity index is 1.29. The van der Waals surface area contributed by atoms with E-state index in [1.807, 2.05) is 60.3 Å². The summed E-state index contributed by atoms with van der Waals surface area (Å²) in [5.41, 5.74) is 2.53. The molecule has 0 spiro atoms. The van der Waals surface area contributed by atoms with E-state index >= 15 is 0 Å².